The van der Waals surface area contributed by atoms with Crippen molar-refractivity contribution in [1.82, 2.24) is 4.90 Å². The number of benzene rings is 1. The first kappa shape index (κ1) is 14.4. The molecule has 0 bridgehead atoms. The minimum absolute atomic E-state index is 0.00629. The van der Waals surface area contributed by atoms with Crippen molar-refractivity contribution in [2.24, 2.45) is 0 Å². The van der Waals surface area contributed by atoms with Gasteiger partial charge in [-0.2, -0.15) is 0 Å². The minimum Gasteiger partial charge on any atom is -0.387 e. The summed E-state index contributed by atoms with van der Waals surface area (Å²) in [4.78, 5) is 2.01. The second kappa shape index (κ2) is 5.94. The number of rotatable bonds is 3. The molecule has 1 saturated heterocycles. The number of hydrogen-bond donors (Lipinski definition) is 1. The van der Waals surface area contributed by atoms with Crippen LogP contribution in [0.25, 0.3) is 0 Å². The van der Waals surface area contributed by atoms with E-state index in [1.165, 1.54) is 12.1 Å². The Balaban J connectivity index is 2.04. The molecule has 106 valence electrons. The number of aliphatic hydroxyl groups is 1. The molecule has 1 aromatic carbocycles. The van der Waals surface area contributed by atoms with Gasteiger partial charge in [-0.15, -0.1) is 0 Å². The quantitative estimate of drug-likeness (QED) is 0.914. The summed E-state index contributed by atoms with van der Waals surface area (Å²) in [7, 11) is 0. The van der Waals surface area contributed by atoms with Crippen molar-refractivity contribution in [3.05, 3.63) is 35.4 Å². The third-order valence-corrected chi connectivity index (χ3v) is 3.27. The summed E-state index contributed by atoms with van der Waals surface area (Å²) in [5, 5.41) is 10.1. The van der Waals surface area contributed by atoms with Crippen LogP contribution in [0.5, 0.6) is 0 Å². The molecule has 3 nitrogen and oxygen atoms in total. The Morgan fingerprint density at radius 2 is 1.95 bits per heavy atom. The molecule has 1 fully saturated rings. The van der Waals surface area contributed by atoms with Crippen molar-refractivity contribution in [3.8, 4) is 0 Å². The third-order valence-electron chi connectivity index (χ3n) is 3.27. The molecule has 1 heterocycles. The molecule has 1 aliphatic rings. The lowest BCUT2D eigenvalue weighted by Crippen LogP contribution is -2.46. The molecule has 0 saturated carbocycles. The van der Waals surface area contributed by atoms with E-state index in [2.05, 4.69) is 0 Å². The van der Waals surface area contributed by atoms with E-state index >= 15 is 0 Å². The lowest BCUT2D eigenvalue weighted by molar-refractivity contribution is -0.0769. The number of nitrogens with zero attached hydrogens (tertiary/aromatic N) is 1. The van der Waals surface area contributed by atoms with Crippen LogP contribution in [0.1, 0.15) is 25.5 Å². The molecular formula is C14H19F2NO2. The molecular weight excluding hydrogens is 252 g/mol. The molecule has 1 aliphatic heterocycles. The van der Waals surface area contributed by atoms with Crippen molar-refractivity contribution >= 4 is 0 Å². The second-order valence-electron chi connectivity index (χ2n) is 5.13. The maximum atomic E-state index is 13.6. The fraction of sp³-hybridized carbons (Fsp3) is 0.571. The fourth-order valence-corrected chi connectivity index (χ4v) is 2.55. The van der Waals surface area contributed by atoms with Crippen molar-refractivity contribution in [2.45, 2.75) is 32.2 Å². The van der Waals surface area contributed by atoms with E-state index in [-0.39, 0.29) is 24.3 Å². The van der Waals surface area contributed by atoms with Gasteiger partial charge in [0.25, 0.3) is 0 Å². The number of β-amino-alcohol motifs (C(OH)–C–C–N with tert-alkyl or cyclic N) is 1. The van der Waals surface area contributed by atoms with Gasteiger partial charge in [-0.1, -0.05) is 12.1 Å². The Kier molecular flexibility index (Phi) is 4.50. The standard InChI is InChI=1S/C14H19F2NO2/c1-9-6-17(7-10(2)19-9)8-13(18)11-4-3-5-12(15)14(11)16/h3-5,9-10,13,18H,6-8H2,1-2H3. The van der Waals surface area contributed by atoms with Gasteiger partial charge in [0.1, 0.15) is 0 Å². The zero-order valence-electron chi connectivity index (χ0n) is 11.1. The van der Waals surface area contributed by atoms with Gasteiger partial charge in [0, 0.05) is 25.2 Å². The highest BCUT2D eigenvalue weighted by atomic mass is 19.2. The first-order valence-electron chi connectivity index (χ1n) is 6.47. The number of morpholine rings is 1. The molecule has 3 atom stereocenters. The highest BCUT2D eigenvalue weighted by Crippen LogP contribution is 2.21. The summed E-state index contributed by atoms with van der Waals surface area (Å²) in [5.74, 6) is -1.90. The smallest absolute Gasteiger partial charge is 0.164 e. The van der Waals surface area contributed by atoms with Crippen LogP contribution in [0.2, 0.25) is 0 Å². The predicted molar refractivity (Wildman–Crippen MR) is 67.8 cm³/mol. The van der Waals surface area contributed by atoms with E-state index in [4.69, 9.17) is 4.74 Å². The van der Waals surface area contributed by atoms with E-state index in [1.54, 1.807) is 0 Å². The van der Waals surface area contributed by atoms with Gasteiger partial charge in [0.05, 0.1) is 18.3 Å². The molecule has 0 radical (unpaired) electrons. The number of aliphatic hydroxyl groups excluding tert-OH is 1. The Labute approximate surface area is 111 Å². The maximum absolute atomic E-state index is 13.6. The molecule has 0 aromatic heterocycles. The van der Waals surface area contributed by atoms with Crippen molar-refractivity contribution in [2.75, 3.05) is 19.6 Å². The summed E-state index contributed by atoms with van der Waals surface area (Å²) in [6.45, 7) is 5.55. The highest BCUT2D eigenvalue weighted by molar-refractivity contribution is 5.21. The summed E-state index contributed by atoms with van der Waals surface area (Å²) >= 11 is 0. The van der Waals surface area contributed by atoms with E-state index < -0.39 is 17.7 Å². The Morgan fingerprint density at radius 3 is 2.58 bits per heavy atom. The topological polar surface area (TPSA) is 32.7 Å². The van der Waals surface area contributed by atoms with Gasteiger partial charge < -0.3 is 9.84 Å². The fourth-order valence-electron chi connectivity index (χ4n) is 2.55. The zero-order valence-corrected chi connectivity index (χ0v) is 11.1. The second-order valence-corrected chi connectivity index (χ2v) is 5.13. The maximum Gasteiger partial charge on any atom is 0.164 e. The van der Waals surface area contributed by atoms with Gasteiger partial charge >= 0.3 is 0 Å². The van der Waals surface area contributed by atoms with Crippen LogP contribution in [-0.2, 0) is 4.74 Å². The Hall–Kier alpha value is -1.04. The lowest BCUT2D eigenvalue weighted by atomic mass is 10.1. The van der Waals surface area contributed by atoms with Gasteiger partial charge in [-0.25, -0.2) is 8.78 Å². The summed E-state index contributed by atoms with van der Waals surface area (Å²) in [6, 6.07) is 3.86. The zero-order chi connectivity index (χ0) is 14.0. The van der Waals surface area contributed by atoms with E-state index in [1.807, 2.05) is 18.7 Å². The van der Waals surface area contributed by atoms with Gasteiger partial charge in [-0.05, 0) is 19.9 Å². The normalized spacial score (nSPS) is 26.4. The van der Waals surface area contributed by atoms with Crippen LogP contribution >= 0.6 is 0 Å². The lowest BCUT2D eigenvalue weighted by Gasteiger charge is -2.36. The van der Waals surface area contributed by atoms with Gasteiger partial charge in [-0.3, -0.25) is 4.90 Å². The van der Waals surface area contributed by atoms with E-state index in [0.717, 1.165) is 6.07 Å². The van der Waals surface area contributed by atoms with E-state index in [9.17, 15) is 13.9 Å². The molecule has 5 heteroatoms. The molecule has 1 aromatic rings. The monoisotopic (exact) mass is 271 g/mol. The number of ether oxygens (including phenoxy) is 1. The van der Waals surface area contributed by atoms with Crippen molar-refractivity contribution < 1.29 is 18.6 Å². The van der Waals surface area contributed by atoms with Crippen molar-refractivity contribution in [3.63, 3.8) is 0 Å². The molecule has 0 amide bonds. The Morgan fingerprint density at radius 1 is 1.32 bits per heavy atom. The van der Waals surface area contributed by atoms with Crippen LogP contribution < -0.4 is 0 Å². The van der Waals surface area contributed by atoms with Gasteiger partial charge in [0.15, 0.2) is 11.6 Å². The van der Waals surface area contributed by atoms with Crippen LogP contribution in [0.3, 0.4) is 0 Å². The van der Waals surface area contributed by atoms with E-state index in [0.29, 0.717) is 13.1 Å². The third kappa shape index (κ3) is 3.49. The SMILES string of the molecule is CC1CN(CC(O)c2cccc(F)c2F)CC(C)O1. The summed E-state index contributed by atoms with van der Waals surface area (Å²) < 4.78 is 32.3. The first-order chi connectivity index (χ1) is 8.97. The molecule has 19 heavy (non-hydrogen) atoms. The molecule has 0 aliphatic carbocycles. The first-order valence-corrected chi connectivity index (χ1v) is 6.47. The van der Waals surface area contributed by atoms with Crippen LogP contribution in [0.15, 0.2) is 18.2 Å². The minimum atomic E-state index is -1.03. The molecule has 2 rings (SSSR count). The van der Waals surface area contributed by atoms with Crippen LogP contribution in [-0.4, -0.2) is 41.8 Å². The van der Waals surface area contributed by atoms with Crippen molar-refractivity contribution in [1.29, 1.82) is 0 Å². The van der Waals surface area contributed by atoms with Crippen LogP contribution in [0.4, 0.5) is 8.78 Å². The molecule has 3 unspecified atom stereocenters. The summed E-state index contributed by atoms with van der Waals surface area (Å²) in [5.41, 5.74) is 0.00629. The van der Waals surface area contributed by atoms with Crippen LogP contribution in [0, 0.1) is 11.6 Å². The summed E-state index contributed by atoms with van der Waals surface area (Å²) in [6.07, 6.45) is -0.880. The highest BCUT2D eigenvalue weighted by Gasteiger charge is 2.25. The van der Waals surface area contributed by atoms with Gasteiger partial charge in [0.2, 0.25) is 0 Å². The number of hydrogen-bond acceptors (Lipinski definition) is 3. The average molecular weight is 271 g/mol. The molecule has 1 N–H and O–H groups in total. The molecule has 0 spiro atoms. The average Bonchev–Trinajstić information content (AvgIpc) is 2.31. The predicted octanol–water partition coefficient (Wildman–Crippen LogP) is 2.11. The Bertz CT molecular complexity index is 431. The largest absolute Gasteiger partial charge is 0.387 e. The number of halogens is 2.